The molecule has 0 saturated carbocycles. The zero-order chi connectivity index (χ0) is 10.1. The Morgan fingerprint density at radius 1 is 1.43 bits per heavy atom. The smallest absolute Gasteiger partial charge is 0.0742 e. The summed E-state index contributed by atoms with van der Waals surface area (Å²) in [5.41, 5.74) is 1.48. The van der Waals surface area contributed by atoms with Gasteiger partial charge in [0.15, 0.2) is 0 Å². The molecule has 0 nitrogen and oxygen atoms in total. The summed E-state index contributed by atoms with van der Waals surface area (Å²) in [6.45, 7) is 2.22. The van der Waals surface area contributed by atoms with Gasteiger partial charge in [0, 0.05) is 13.7 Å². The number of thioether (sulfide) groups is 1. The van der Waals surface area contributed by atoms with Crippen molar-refractivity contribution in [1.29, 1.82) is 0 Å². The van der Waals surface area contributed by atoms with E-state index in [9.17, 15) is 0 Å². The van der Waals surface area contributed by atoms with E-state index in [0.717, 1.165) is 6.42 Å². The van der Waals surface area contributed by atoms with Crippen LogP contribution in [0.5, 0.6) is 0 Å². The molecule has 0 spiro atoms. The van der Waals surface area contributed by atoms with Crippen LogP contribution in [0.3, 0.4) is 0 Å². The van der Waals surface area contributed by atoms with Crippen LogP contribution < -0.4 is 0 Å². The van der Waals surface area contributed by atoms with Gasteiger partial charge in [0.05, 0.1) is 4.21 Å². The van der Waals surface area contributed by atoms with Crippen molar-refractivity contribution in [3.8, 4) is 0 Å². The minimum Gasteiger partial charge on any atom is -0.128 e. The highest BCUT2D eigenvalue weighted by molar-refractivity contribution is 14.1. The van der Waals surface area contributed by atoms with Crippen LogP contribution in [-0.2, 0) is 6.42 Å². The maximum absolute atomic E-state index is 2.47. The standard InChI is InChI=1S/C11H11IS2/c1-3-7-5-4-6-8-9(7)10(12)11(13-2)14-8/h4-6H,3H2,1-2H3. The summed E-state index contributed by atoms with van der Waals surface area (Å²) in [5, 5.41) is 1.48. The van der Waals surface area contributed by atoms with Crippen molar-refractivity contribution in [3.63, 3.8) is 0 Å². The maximum atomic E-state index is 2.47. The topological polar surface area (TPSA) is 0 Å². The number of thiophene rings is 1. The van der Waals surface area contributed by atoms with Crippen molar-refractivity contribution in [2.24, 2.45) is 0 Å². The lowest BCUT2D eigenvalue weighted by molar-refractivity contribution is 1.16. The van der Waals surface area contributed by atoms with E-state index in [4.69, 9.17) is 0 Å². The summed E-state index contributed by atoms with van der Waals surface area (Å²) < 4.78 is 4.31. The van der Waals surface area contributed by atoms with Gasteiger partial charge in [-0.15, -0.1) is 23.1 Å². The first-order valence-electron chi connectivity index (χ1n) is 4.51. The van der Waals surface area contributed by atoms with Crippen molar-refractivity contribution in [1.82, 2.24) is 0 Å². The molecule has 2 rings (SSSR count). The molecule has 14 heavy (non-hydrogen) atoms. The molecule has 1 aromatic carbocycles. The van der Waals surface area contributed by atoms with Crippen LogP contribution in [-0.4, -0.2) is 6.26 Å². The second-order valence-electron chi connectivity index (χ2n) is 3.05. The number of halogens is 1. The molecule has 1 heterocycles. The highest BCUT2D eigenvalue weighted by Crippen LogP contribution is 2.39. The van der Waals surface area contributed by atoms with Gasteiger partial charge in [-0.05, 0) is 46.9 Å². The summed E-state index contributed by atoms with van der Waals surface area (Å²) >= 11 is 6.23. The van der Waals surface area contributed by atoms with Crippen molar-refractivity contribution in [3.05, 3.63) is 27.3 Å². The third kappa shape index (κ3) is 1.70. The molecule has 0 amide bonds. The van der Waals surface area contributed by atoms with Crippen LogP contribution >= 0.6 is 45.7 Å². The zero-order valence-electron chi connectivity index (χ0n) is 8.13. The Kier molecular flexibility index (Phi) is 3.39. The van der Waals surface area contributed by atoms with Gasteiger partial charge in [-0.2, -0.15) is 0 Å². The summed E-state index contributed by atoms with van der Waals surface area (Å²) in [4.78, 5) is 0. The number of hydrogen-bond donors (Lipinski definition) is 0. The Labute approximate surface area is 106 Å². The van der Waals surface area contributed by atoms with E-state index < -0.39 is 0 Å². The van der Waals surface area contributed by atoms with E-state index in [1.165, 1.54) is 23.4 Å². The molecule has 0 unspecified atom stereocenters. The van der Waals surface area contributed by atoms with Crippen LogP contribution in [0.15, 0.2) is 22.4 Å². The zero-order valence-corrected chi connectivity index (χ0v) is 11.9. The van der Waals surface area contributed by atoms with Crippen LogP contribution in [0.1, 0.15) is 12.5 Å². The van der Waals surface area contributed by atoms with Gasteiger partial charge < -0.3 is 0 Å². The predicted molar refractivity (Wildman–Crippen MR) is 75.7 cm³/mol. The van der Waals surface area contributed by atoms with E-state index in [0.29, 0.717) is 0 Å². The van der Waals surface area contributed by atoms with Crippen molar-refractivity contribution < 1.29 is 0 Å². The predicted octanol–water partition coefficient (Wildman–Crippen LogP) is 4.79. The molecule has 1 aromatic heterocycles. The number of rotatable bonds is 2. The lowest BCUT2D eigenvalue weighted by Gasteiger charge is -1.99. The van der Waals surface area contributed by atoms with Gasteiger partial charge in [-0.3, -0.25) is 0 Å². The number of hydrogen-bond acceptors (Lipinski definition) is 2. The van der Waals surface area contributed by atoms with Gasteiger partial charge in [-0.1, -0.05) is 19.1 Å². The van der Waals surface area contributed by atoms with Crippen molar-refractivity contribution in [2.75, 3.05) is 6.26 Å². The van der Waals surface area contributed by atoms with Gasteiger partial charge in [0.1, 0.15) is 0 Å². The van der Waals surface area contributed by atoms with E-state index >= 15 is 0 Å². The lowest BCUT2D eigenvalue weighted by Crippen LogP contribution is -1.81. The fourth-order valence-electron chi connectivity index (χ4n) is 1.58. The SMILES string of the molecule is CCc1cccc2sc(SC)c(I)c12. The molecule has 0 atom stereocenters. The van der Waals surface area contributed by atoms with Crippen molar-refractivity contribution in [2.45, 2.75) is 17.6 Å². The van der Waals surface area contributed by atoms with Gasteiger partial charge >= 0.3 is 0 Å². The molecular formula is C11H11IS2. The average Bonchev–Trinajstić information content (AvgIpc) is 2.55. The number of aryl methyl sites for hydroxylation is 1. The molecule has 3 heteroatoms. The van der Waals surface area contributed by atoms with E-state index in [-0.39, 0.29) is 0 Å². The summed E-state index contributed by atoms with van der Waals surface area (Å²) in [6, 6.07) is 6.63. The van der Waals surface area contributed by atoms with Crippen molar-refractivity contribution >= 4 is 55.8 Å². The molecule has 0 radical (unpaired) electrons. The molecule has 0 N–H and O–H groups in total. The highest BCUT2D eigenvalue weighted by Gasteiger charge is 2.11. The number of fused-ring (bicyclic) bond motifs is 1. The minimum absolute atomic E-state index is 1.12. The van der Waals surface area contributed by atoms with Crippen LogP contribution in [0.4, 0.5) is 0 Å². The summed E-state index contributed by atoms with van der Waals surface area (Å²) in [5.74, 6) is 0. The Morgan fingerprint density at radius 2 is 2.21 bits per heavy atom. The summed E-state index contributed by atoms with van der Waals surface area (Å²) in [7, 11) is 0. The molecule has 0 aliphatic rings. The minimum atomic E-state index is 1.12. The largest absolute Gasteiger partial charge is 0.128 e. The fourth-order valence-corrected chi connectivity index (χ4v) is 5.15. The molecular weight excluding hydrogens is 323 g/mol. The maximum Gasteiger partial charge on any atom is 0.0742 e. The first kappa shape index (κ1) is 10.8. The second-order valence-corrected chi connectivity index (χ2v) is 6.26. The molecule has 0 saturated heterocycles. The molecule has 0 aliphatic heterocycles. The third-order valence-corrected chi connectivity index (χ3v) is 6.37. The lowest BCUT2D eigenvalue weighted by atomic mass is 10.1. The molecule has 0 bridgehead atoms. The quantitative estimate of drug-likeness (QED) is 0.562. The Bertz CT molecular complexity index is 460. The fraction of sp³-hybridized carbons (Fsp3) is 0.273. The van der Waals surface area contributed by atoms with Gasteiger partial charge in [-0.25, -0.2) is 0 Å². The highest BCUT2D eigenvalue weighted by atomic mass is 127. The molecule has 74 valence electrons. The van der Waals surface area contributed by atoms with E-state index in [1.54, 1.807) is 0 Å². The first-order chi connectivity index (χ1) is 6.77. The van der Waals surface area contributed by atoms with Crippen LogP contribution in [0.25, 0.3) is 10.1 Å². The molecule has 2 aromatic rings. The molecule has 0 fully saturated rings. The normalized spacial score (nSPS) is 11.1. The van der Waals surface area contributed by atoms with E-state index in [1.807, 2.05) is 23.1 Å². The van der Waals surface area contributed by atoms with Gasteiger partial charge in [0.2, 0.25) is 0 Å². The number of benzene rings is 1. The van der Waals surface area contributed by atoms with Crippen LogP contribution in [0, 0.1) is 3.57 Å². The Hall–Kier alpha value is 0.260. The van der Waals surface area contributed by atoms with Gasteiger partial charge in [0.25, 0.3) is 0 Å². The summed E-state index contributed by atoms with van der Waals surface area (Å²) in [6.07, 6.45) is 3.27. The van der Waals surface area contributed by atoms with Crippen LogP contribution in [0.2, 0.25) is 0 Å². The second kappa shape index (κ2) is 4.41. The Morgan fingerprint density at radius 3 is 2.86 bits per heavy atom. The van der Waals surface area contributed by atoms with E-state index in [2.05, 4.69) is 54.0 Å². The monoisotopic (exact) mass is 334 g/mol. The average molecular weight is 334 g/mol. The Balaban J connectivity index is 2.79. The third-order valence-electron chi connectivity index (χ3n) is 2.28. The molecule has 0 aliphatic carbocycles. The first-order valence-corrected chi connectivity index (χ1v) is 7.63.